The molecule has 78 valence electrons. The highest BCUT2D eigenvalue weighted by Crippen LogP contribution is 2.20. The third kappa shape index (κ3) is 1.98. The smallest absolute Gasteiger partial charge is 0.186 e. The molecule has 0 aromatic carbocycles. The van der Waals surface area contributed by atoms with E-state index in [2.05, 4.69) is 0 Å². The summed E-state index contributed by atoms with van der Waals surface area (Å²) in [7, 11) is 1.34. The topological polar surface area (TPSA) is 105 Å². The number of aliphatic hydroxyl groups is 3. The maximum absolute atomic E-state index is 9.35. The average Bonchev–Trinajstić information content (AvgIpc) is 2.15. The van der Waals surface area contributed by atoms with Gasteiger partial charge in [-0.25, -0.2) is 0 Å². The molecule has 0 aromatic heterocycles. The Kier molecular flexibility index (Phi) is 3.60. The molecule has 0 amide bonds. The highest BCUT2D eigenvalue weighted by atomic mass is 16.7. The summed E-state index contributed by atoms with van der Waals surface area (Å²) >= 11 is 0. The van der Waals surface area contributed by atoms with Gasteiger partial charge in [0.1, 0.15) is 24.4 Å². The third-order valence-corrected chi connectivity index (χ3v) is 2.13. The second-order valence-electron chi connectivity index (χ2n) is 2.99. The molecule has 5 atom stereocenters. The summed E-state index contributed by atoms with van der Waals surface area (Å²) in [6, 6.07) is 0. The first kappa shape index (κ1) is 10.8. The van der Waals surface area contributed by atoms with Crippen molar-refractivity contribution in [2.75, 3.05) is 13.7 Å². The van der Waals surface area contributed by atoms with Gasteiger partial charge >= 0.3 is 0 Å². The molecule has 13 heavy (non-hydrogen) atoms. The van der Waals surface area contributed by atoms with Gasteiger partial charge in [-0.05, 0) is 0 Å². The lowest BCUT2D eigenvalue weighted by Gasteiger charge is -2.39. The molecule has 6 nitrogen and oxygen atoms in total. The van der Waals surface area contributed by atoms with Crippen LogP contribution in [-0.2, 0) is 9.47 Å². The molecular weight excluding hydrogens is 178 g/mol. The van der Waals surface area contributed by atoms with Crippen LogP contribution in [0.5, 0.6) is 0 Å². The van der Waals surface area contributed by atoms with Gasteiger partial charge in [0, 0.05) is 13.7 Å². The fourth-order valence-corrected chi connectivity index (χ4v) is 1.31. The Morgan fingerprint density at radius 2 is 1.85 bits per heavy atom. The van der Waals surface area contributed by atoms with Crippen molar-refractivity contribution in [2.45, 2.75) is 30.7 Å². The van der Waals surface area contributed by atoms with Gasteiger partial charge in [0.25, 0.3) is 0 Å². The van der Waals surface area contributed by atoms with Gasteiger partial charge in [-0.1, -0.05) is 0 Å². The van der Waals surface area contributed by atoms with E-state index in [1.54, 1.807) is 0 Å². The largest absolute Gasteiger partial charge is 0.388 e. The first-order valence-corrected chi connectivity index (χ1v) is 4.04. The highest BCUT2D eigenvalue weighted by Gasteiger charge is 2.43. The van der Waals surface area contributed by atoms with Crippen molar-refractivity contribution >= 4 is 0 Å². The highest BCUT2D eigenvalue weighted by molar-refractivity contribution is 4.89. The number of nitrogens with two attached hydrogens (primary N) is 1. The molecule has 2 unspecified atom stereocenters. The molecule has 1 rings (SSSR count). The second-order valence-corrected chi connectivity index (χ2v) is 2.99. The molecule has 1 saturated heterocycles. The summed E-state index contributed by atoms with van der Waals surface area (Å²) in [6.07, 6.45) is -5.35. The number of ether oxygens (including phenoxy) is 2. The van der Waals surface area contributed by atoms with E-state index in [1.807, 2.05) is 0 Å². The van der Waals surface area contributed by atoms with Crippen LogP contribution in [0.3, 0.4) is 0 Å². The average molecular weight is 193 g/mol. The molecule has 1 aliphatic heterocycles. The standard InChI is InChI=1S/C7H15NO5/c1-12-7-6(11)5(10)4(9)3(2-8)13-7/h3-7,9-11H,2,8H2,1H3/t3?,4-,5?,6-,7+/m0/s1. The van der Waals surface area contributed by atoms with Crippen LogP contribution in [0.4, 0.5) is 0 Å². The van der Waals surface area contributed by atoms with E-state index in [9.17, 15) is 15.3 Å². The van der Waals surface area contributed by atoms with Crippen molar-refractivity contribution in [3.63, 3.8) is 0 Å². The van der Waals surface area contributed by atoms with Gasteiger partial charge < -0.3 is 30.5 Å². The van der Waals surface area contributed by atoms with E-state index in [4.69, 9.17) is 15.2 Å². The van der Waals surface area contributed by atoms with Gasteiger partial charge in [-0.2, -0.15) is 0 Å². The molecule has 1 fully saturated rings. The van der Waals surface area contributed by atoms with Crippen LogP contribution in [0, 0.1) is 0 Å². The van der Waals surface area contributed by atoms with Crippen molar-refractivity contribution in [3.8, 4) is 0 Å². The normalized spacial score (nSPS) is 46.4. The van der Waals surface area contributed by atoms with Crippen LogP contribution in [-0.4, -0.2) is 59.7 Å². The van der Waals surface area contributed by atoms with Crippen molar-refractivity contribution < 1.29 is 24.8 Å². The van der Waals surface area contributed by atoms with Crippen molar-refractivity contribution in [3.05, 3.63) is 0 Å². The number of hydrogen-bond acceptors (Lipinski definition) is 6. The summed E-state index contributed by atoms with van der Waals surface area (Å²) in [6.45, 7) is 0.0603. The predicted molar refractivity (Wildman–Crippen MR) is 42.7 cm³/mol. The summed E-state index contributed by atoms with van der Waals surface area (Å²) in [5, 5.41) is 28.0. The summed E-state index contributed by atoms with van der Waals surface area (Å²) in [4.78, 5) is 0. The van der Waals surface area contributed by atoms with Crippen LogP contribution >= 0.6 is 0 Å². The molecule has 0 aliphatic carbocycles. The second kappa shape index (κ2) is 4.32. The molecule has 6 heteroatoms. The third-order valence-electron chi connectivity index (χ3n) is 2.13. The predicted octanol–water partition coefficient (Wildman–Crippen LogP) is -2.60. The Morgan fingerprint density at radius 1 is 1.23 bits per heavy atom. The van der Waals surface area contributed by atoms with Crippen molar-refractivity contribution in [2.24, 2.45) is 5.73 Å². The minimum Gasteiger partial charge on any atom is -0.388 e. The van der Waals surface area contributed by atoms with E-state index >= 15 is 0 Å². The molecule has 1 aliphatic rings. The molecule has 0 aromatic rings. The van der Waals surface area contributed by atoms with Crippen LogP contribution < -0.4 is 5.73 Å². The maximum atomic E-state index is 9.35. The lowest BCUT2D eigenvalue weighted by atomic mass is 9.99. The van der Waals surface area contributed by atoms with Gasteiger partial charge in [-0.3, -0.25) is 0 Å². The zero-order valence-corrected chi connectivity index (χ0v) is 7.33. The maximum Gasteiger partial charge on any atom is 0.186 e. The Labute approximate surface area is 75.9 Å². The SMILES string of the molecule is CO[C@@H]1OC(CN)[C@H](O)C(O)[C@@H]1O. The summed E-state index contributed by atoms with van der Waals surface area (Å²) in [5.74, 6) is 0. The Bertz CT molecular complexity index is 147. The van der Waals surface area contributed by atoms with Gasteiger partial charge in [0.2, 0.25) is 0 Å². The minimum atomic E-state index is -1.28. The van der Waals surface area contributed by atoms with Crippen LogP contribution in [0.1, 0.15) is 0 Å². The number of methoxy groups -OCH3 is 1. The van der Waals surface area contributed by atoms with Crippen LogP contribution in [0.15, 0.2) is 0 Å². The van der Waals surface area contributed by atoms with Crippen LogP contribution in [0.2, 0.25) is 0 Å². The fourth-order valence-electron chi connectivity index (χ4n) is 1.31. The van der Waals surface area contributed by atoms with Gasteiger partial charge in [0.05, 0.1) is 0 Å². The van der Waals surface area contributed by atoms with Crippen molar-refractivity contribution in [1.82, 2.24) is 0 Å². The van der Waals surface area contributed by atoms with Crippen LogP contribution in [0.25, 0.3) is 0 Å². The molecule has 0 saturated carbocycles. The Morgan fingerprint density at radius 3 is 2.31 bits per heavy atom. The van der Waals surface area contributed by atoms with Gasteiger partial charge in [0.15, 0.2) is 6.29 Å². The summed E-state index contributed by atoms with van der Waals surface area (Å²) in [5.41, 5.74) is 5.28. The first-order valence-electron chi connectivity index (χ1n) is 4.04. The molecule has 0 radical (unpaired) electrons. The quantitative estimate of drug-likeness (QED) is 0.383. The number of rotatable bonds is 2. The van der Waals surface area contributed by atoms with Gasteiger partial charge in [-0.15, -0.1) is 0 Å². The Balaban J connectivity index is 2.66. The number of aliphatic hydroxyl groups excluding tert-OH is 3. The lowest BCUT2D eigenvalue weighted by molar-refractivity contribution is -0.287. The molecule has 0 bridgehead atoms. The summed E-state index contributed by atoms with van der Waals surface area (Å²) < 4.78 is 9.83. The minimum absolute atomic E-state index is 0.0603. The van der Waals surface area contributed by atoms with E-state index in [0.29, 0.717) is 0 Å². The molecule has 0 spiro atoms. The van der Waals surface area contributed by atoms with E-state index in [1.165, 1.54) is 7.11 Å². The van der Waals surface area contributed by atoms with E-state index in [-0.39, 0.29) is 6.54 Å². The zero-order chi connectivity index (χ0) is 10.0. The van der Waals surface area contributed by atoms with Crippen molar-refractivity contribution in [1.29, 1.82) is 0 Å². The first-order chi connectivity index (χ1) is 6.11. The molecule has 1 heterocycles. The van der Waals surface area contributed by atoms with E-state index in [0.717, 1.165) is 0 Å². The number of hydrogen-bond donors (Lipinski definition) is 4. The fraction of sp³-hybridized carbons (Fsp3) is 1.00. The monoisotopic (exact) mass is 193 g/mol. The lowest BCUT2D eigenvalue weighted by Crippen LogP contribution is -2.59. The molecule has 5 N–H and O–H groups in total. The Hall–Kier alpha value is -0.240. The zero-order valence-electron chi connectivity index (χ0n) is 7.33. The van der Waals surface area contributed by atoms with E-state index < -0.39 is 30.7 Å². The molecular formula is C7H15NO5.